The standard InChI is InChI=1S/C12H13FN4OS/c1-6-7(2)19-12(16-6)17-11(18)8-4-5-15-10(14-3)9(8)13/h4-5H,1-3H3,(H,14,15)(H,16,17,18). The molecule has 0 atom stereocenters. The molecule has 2 heterocycles. The Morgan fingerprint density at radius 1 is 1.42 bits per heavy atom. The maximum absolute atomic E-state index is 13.9. The molecule has 0 bridgehead atoms. The largest absolute Gasteiger partial charge is 0.371 e. The van der Waals surface area contributed by atoms with Crippen molar-refractivity contribution in [1.29, 1.82) is 0 Å². The third-order valence-electron chi connectivity index (χ3n) is 2.62. The van der Waals surface area contributed by atoms with Gasteiger partial charge in [-0.2, -0.15) is 0 Å². The molecule has 2 aromatic rings. The molecule has 1 amide bonds. The van der Waals surface area contributed by atoms with Gasteiger partial charge in [0.05, 0.1) is 11.3 Å². The number of carbonyl (C=O) groups is 1. The number of aromatic nitrogens is 2. The van der Waals surface area contributed by atoms with Crippen molar-refractivity contribution in [3.8, 4) is 0 Å². The zero-order valence-corrected chi connectivity index (χ0v) is 11.6. The van der Waals surface area contributed by atoms with Crippen LogP contribution in [0.1, 0.15) is 20.9 Å². The van der Waals surface area contributed by atoms with Crippen LogP contribution < -0.4 is 10.6 Å². The molecule has 0 unspecified atom stereocenters. The van der Waals surface area contributed by atoms with Crippen LogP contribution in [0.4, 0.5) is 15.3 Å². The molecule has 0 saturated heterocycles. The number of hydrogen-bond acceptors (Lipinski definition) is 5. The molecular weight excluding hydrogens is 267 g/mol. The molecule has 100 valence electrons. The van der Waals surface area contributed by atoms with Crippen molar-refractivity contribution in [2.45, 2.75) is 13.8 Å². The first-order chi connectivity index (χ1) is 9.02. The fourth-order valence-corrected chi connectivity index (χ4v) is 2.29. The topological polar surface area (TPSA) is 66.9 Å². The van der Waals surface area contributed by atoms with E-state index in [2.05, 4.69) is 20.6 Å². The van der Waals surface area contributed by atoms with Crippen LogP contribution in [0.15, 0.2) is 12.3 Å². The van der Waals surface area contributed by atoms with Crippen LogP contribution in [-0.4, -0.2) is 22.9 Å². The number of pyridine rings is 1. The van der Waals surface area contributed by atoms with Crippen LogP contribution in [0.3, 0.4) is 0 Å². The molecule has 5 nitrogen and oxygen atoms in total. The van der Waals surface area contributed by atoms with Gasteiger partial charge < -0.3 is 5.32 Å². The zero-order chi connectivity index (χ0) is 14.0. The van der Waals surface area contributed by atoms with Crippen molar-refractivity contribution in [3.63, 3.8) is 0 Å². The number of carbonyl (C=O) groups excluding carboxylic acids is 1. The number of aryl methyl sites for hydroxylation is 2. The number of hydrogen-bond donors (Lipinski definition) is 2. The summed E-state index contributed by atoms with van der Waals surface area (Å²) >= 11 is 1.36. The number of nitrogens with one attached hydrogen (secondary N) is 2. The lowest BCUT2D eigenvalue weighted by Crippen LogP contribution is -2.15. The summed E-state index contributed by atoms with van der Waals surface area (Å²) in [6.07, 6.45) is 1.38. The average molecular weight is 280 g/mol. The number of thiazole rings is 1. The van der Waals surface area contributed by atoms with Gasteiger partial charge in [0, 0.05) is 18.1 Å². The van der Waals surface area contributed by atoms with Gasteiger partial charge in [-0.25, -0.2) is 14.4 Å². The van der Waals surface area contributed by atoms with Crippen LogP contribution >= 0.6 is 11.3 Å². The van der Waals surface area contributed by atoms with E-state index in [4.69, 9.17) is 0 Å². The SMILES string of the molecule is CNc1nccc(C(=O)Nc2nc(C)c(C)s2)c1F. The van der Waals surface area contributed by atoms with Crippen LogP contribution in [0.5, 0.6) is 0 Å². The molecular formula is C12H13FN4OS. The first-order valence-electron chi connectivity index (χ1n) is 5.60. The van der Waals surface area contributed by atoms with Gasteiger partial charge in [-0.1, -0.05) is 0 Å². The van der Waals surface area contributed by atoms with Crippen LogP contribution in [-0.2, 0) is 0 Å². The summed E-state index contributed by atoms with van der Waals surface area (Å²) in [4.78, 5) is 21.0. The minimum atomic E-state index is -0.674. The molecule has 0 spiro atoms. The normalized spacial score (nSPS) is 10.3. The Kier molecular flexibility index (Phi) is 3.75. The molecule has 19 heavy (non-hydrogen) atoms. The Hall–Kier alpha value is -2.02. The number of anilines is 2. The molecule has 0 aromatic carbocycles. The number of halogens is 1. The molecule has 2 aromatic heterocycles. The summed E-state index contributed by atoms with van der Waals surface area (Å²) in [6.45, 7) is 3.77. The van der Waals surface area contributed by atoms with Crippen molar-refractivity contribution in [3.05, 3.63) is 34.2 Å². The number of nitrogens with zero attached hydrogens (tertiary/aromatic N) is 2. The maximum atomic E-state index is 13.9. The Labute approximate surface area is 113 Å². The van der Waals surface area contributed by atoms with E-state index < -0.39 is 11.7 Å². The molecule has 2 N–H and O–H groups in total. The molecule has 0 radical (unpaired) electrons. The lowest BCUT2D eigenvalue weighted by Gasteiger charge is -2.06. The third-order valence-corrected chi connectivity index (χ3v) is 3.61. The second-order valence-electron chi connectivity index (χ2n) is 3.89. The molecule has 7 heteroatoms. The first kappa shape index (κ1) is 13.4. The minimum Gasteiger partial charge on any atom is -0.371 e. The van der Waals surface area contributed by atoms with Gasteiger partial charge in [0.25, 0.3) is 5.91 Å². The van der Waals surface area contributed by atoms with E-state index in [-0.39, 0.29) is 11.4 Å². The van der Waals surface area contributed by atoms with Crippen LogP contribution in [0, 0.1) is 19.7 Å². The first-order valence-corrected chi connectivity index (χ1v) is 6.42. The minimum absolute atomic E-state index is 0.0409. The molecule has 0 fully saturated rings. The summed E-state index contributed by atoms with van der Waals surface area (Å²) in [6, 6.07) is 1.33. The summed E-state index contributed by atoms with van der Waals surface area (Å²) in [7, 11) is 1.54. The quantitative estimate of drug-likeness (QED) is 0.907. The summed E-state index contributed by atoms with van der Waals surface area (Å²) in [5.41, 5.74) is 0.788. The van der Waals surface area contributed by atoms with Gasteiger partial charge in [-0.3, -0.25) is 10.1 Å². The fraction of sp³-hybridized carbons (Fsp3) is 0.250. The molecule has 0 aliphatic heterocycles. The summed E-state index contributed by atoms with van der Waals surface area (Å²) in [5.74, 6) is -1.17. The highest BCUT2D eigenvalue weighted by atomic mass is 32.1. The van der Waals surface area contributed by atoms with E-state index >= 15 is 0 Å². The van der Waals surface area contributed by atoms with Crippen molar-refractivity contribution in [2.75, 3.05) is 17.7 Å². The maximum Gasteiger partial charge on any atom is 0.260 e. The second-order valence-corrected chi connectivity index (χ2v) is 5.09. The third kappa shape index (κ3) is 2.70. The van der Waals surface area contributed by atoms with Crippen molar-refractivity contribution >= 4 is 28.2 Å². The van der Waals surface area contributed by atoms with Crippen LogP contribution in [0.2, 0.25) is 0 Å². The zero-order valence-electron chi connectivity index (χ0n) is 10.7. The predicted octanol–water partition coefficient (Wildman–Crippen LogP) is 2.59. The van der Waals surface area contributed by atoms with E-state index in [0.29, 0.717) is 5.13 Å². The average Bonchev–Trinajstić information content (AvgIpc) is 2.68. The van der Waals surface area contributed by atoms with E-state index in [0.717, 1.165) is 10.6 Å². The molecule has 0 saturated carbocycles. The highest BCUT2D eigenvalue weighted by molar-refractivity contribution is 7.15. The molecule has 0 aliphatic rings. The van der Waals surface area contributed by atoms with Gasteiger partial charge >= 0.3 is 0 Å². The van der Waals surface area contributed by atoms with Crippen molar-refractivity contribution in [1.82, 2.24) is 9.97 Å². The highest BCUT2D eigenvalue weighted by Gasteiger charge is 2.17. The van der Waals surface area contributed by atoms with Gasteiger partial charge in [0.1, 0.15) is 0 Å². The lowest BCUT2D eigenvalue weighted by atomic mass is 10.2. The smallest absolute Gasteiger partial charge is 0.260 e. The highest BCUT2D eigenvalue weighted by Crippen LogP contribution is 2.22. The van der Waals surface area contributed by atoms with Gasteiger partial charge in [-0.05, 0) is 19.9 Å². The lowest BCUT2D eigenvalue weighted by molar-refractivity contribution is 0.102. The Bertz CT molecular complexity index is 607. The van der Waals surface area contributed by atoms with E-state index in [1.807, 2.05) is 13.8 Å². The van der Waals surface area contributed by atoms with E-state index in [1.165, 1.54) is 23.6 Å². The summed E-state index contributed by atoms with van der Waals surface area (Å²) < 4.78 is 13.9. The Balaban J connectivity index is 2.25. The second kappa shape index (κ2) is 5.31. The van der Waals surface area contributed by atoms with E-state index in [1.54, 1.807) is 7.05 Å². The Morgan fingerprint density at radius 3 is 2.74 bits per heavy atom. The van der Waals surface area contributed by atoms with Gasteiger partial charge in [0.15, 0.2) is 16.8 Å². The monoisotopic (exact) mass is 280 g/mol. The summed E-state index contributed by atoms with van der Waals surface area (Å²) in [5, 5.41) is 5.63. The van der Waals surface area contributed by atoms with Crippen molar-refractivity contribution < 1.29 is 9.18 Å². The van der Waals surface area contributed by atoms with Crippen molar-refractivity contribution in [2.24, 2.45) is 0 Å². The fourth-order valence-electron chi connectivity index (χ4n) is 1.48. The molecule has 2 rings (SSSR count). The number of rotatable bonds is 3. The van der Waals surface area contributed by atoms with Crippen LogP contribution in [0.25, 0.3) is 0 Å². The Morgan fingerprint density at radius 2 is 2.16 bits per heavy atom. The molecule has 0 aliphatic carbocycles. The van der Waals surface area contributed by atoms with E-state index in [9.17, 15) is 9.18 Å². The number of amides is 1. The van der Waals surface area contributed by atoms with Gasteiger partial charge in [-0.15, -0.1) is 11.3 Å². The predicted molar refractivity (Wildman–Crippen MR) is 73.3 cm³/mol. The van der Waals surface area contributed by atoms with Gasteiger partial charge in [0.2, 0.25) is 0 Å².